The minimum absolute atomic E-state index is 0.0581. The summed E-state index contributed by atoms with van der Waals surface area (Å²) in [5.74, 6) is -0.295. The molecule has 1 aromatic carbocycles. The van der Waals surface area contributed by atoms with Gasteiger partial charge in [0.15, 0.2) is 0 Å². The Hall–Kier alpha value is -1.66. The van der Waals surface area contributed by atoms with Crippen LogP contribution in [0.5, 0.6) is 0 Å². The third-order valence-electron chi connectivity index (χ3n) is 2.98. The summed E-state index contributed by atoms with van der Waals surface area (Å²) in [7, 11) is 0. The zero-order chi connectivity index (χ0) is 14.0. The minimum Gasteiger partial charge on any atom is -0.395 e. The number of carbonyl (C=O) groups is 1. The number of benzene rings is 1. The lowest BCUT2D eigenvalue weighted by Gasteiger charge is -2.21. The maximum Gasteiger partial charge on any atom is 0.270 e. The Kier molecular flexibility index (Phi) is 4.01. The van der Waals surface area contributed by atoms with Crippen molar-refractivity contribution in [2.75, 3.05) is 13.2 Å². The number of nitro groups is 1. The van der Waals surface area contributed by atoms with Gasteiger partial charge in [0.25, 0.3) is 11.6 Å². The van der Waals surface area contributed by atoms with Gasteiger partial charge in [0.1, 0.15) is 0 Å². The van der Waals surface area contributed by atoms with Gasteiger partial charge in [0.2, 0.25) is 0 Å². The standard InChI is InChI=1S/C12H13ClN2O4/c13-11-7-9(15(18)19)3-4-10(11)12(17)14(5-6-16)8-1-2-8/h3-4,7-8,16H,1-2,5-6H2. The molecule has 6 nitrogen and oxygen atoms in total. The molecule has 1 aromatic rings. The highest BCUT2D eigenvalue weighted by molar-refractivity contribution is 6.34. The Morgan fingerprint density at radius 3 is 2.68 bits per heavy atom. The van der Waals surface area contributed by atoms with E-state index in [1.54, 1.807) is 4.90 Å². The molecule has 0 heterocycles. The van der Waals surface area contributed by atoms with Crippen LogP contribution in [-0.2, 0) is 0 Å². The highest BCUT2D eigenvalue weighted by atomic mass is 35.5. The van der Waals surface area contributed by atoms with E-state index in [-0.39, 0.29) is 41.4 Å². The average Bonchev–Trinajstić information content (AvgIpc) is 3.19. The number of aliphatic hydroxyl groups excluding tert-OH is 1. The normalized spacial score (nSPS) is 14.2. The lowest BCUT2D eigenvalue weighted by molar-refractivity contribution is -0.384. The van der Waals surface area contributed by atoms with E-state index >= 15 is 0 Å². The molecule has 0 aliphatic heterocycles. The lowest BCUT2D eigenvalue weighted by Crippen LogP contribution is -2.35. The number of carbonyl (C=O) groups excluding carboxylic acids is 1. The quantitative estimate of drug-likeness (QED) is 0.660. The number of rotatable bonds is 5. The second-order valence-corrected chi connectivity index (χ2v) is 4.78. The van der Waals surface area contributed by atoms with Crippen LogP contribution in [-0.4, -0.2) is 40.0 Å². The van der Waals surface area contributed by atoms with Gasteiger partial charge in [0.05, 0.1) is 22.1 Å². The van der Waals surface area contributed by atoms with Gasteiger partial charge in [-0.15, -0.1) is 0 Å². The SMILES string of the molecule is O=C(c1ccc([N+](=O)[O-])cc1Cl)N(CCO)C1CC1. The second kappa shape index (κ2) is 5.54. The molecule has 0 radical (unpaired) electrons. The third-order valence-corrected chi connectivity index (χ3v) is 3.30. The van der Waals surface area contributed by atoms with Crippen molar-refractivity contribution in [1.29, 1.82) is 0 Å². The topological polar surface area (TPSA) is 83.7 Å². The zero-order valence-electron chi connectivity index (χ0n) is 10.1. The molecule has 102 valence electrons. The van der Waals surface area contributed by atoms with Crippen molar-refractivity contribution in [2.45, 2.75) is 18.9 Å². The zero-order valence-corrected chi connectivity index (χ0v) is 10.8. The van der Waals surface area contributed by atoms with Crippen molar-refractivity contribution in [3.8, 4) is 0 Å². The molecule has 2 rings (SSSR count). The second-order valence-electron chi connectivity index (χ2n) is 4.37. The number of nitrogens with zero attached hydrogens (tertiary/aromatic N) is 2. The van der Waals surface area contributed by atoms with Crippen LogP contribution in [0.15, 0.2) is 18.2 Å². The molecule has 0 unspecified atom stereocenters. The summed E-state index contributed by atoms with van der Waals surface area (Å²) in [6.45, 7) is 0.129. The van der Waals surface area contributed by atoms with E-state index in [9.17, 15) is 14.9 Å². The Labute approximate surface area is 114 Å². The fraction of sp³-hybridized carbons (Fsp3) is 0.417. The minimum atomic E-state index is -0.563. The van der Waals surface area contributed by atoms with Gasteiger partial charge in [0, 0.05) is 24.7 Å². The number of hydrogen-bond donors (Lipinski definition) is 1. The van der Waals surface area contributed by atoms with E-state index in [4.69, 9.17) is 16.7 Å². The van der Waals surface area contributed by atoms with E-state index in [2.05, 4.69) is 0 Å². The molecular formula is C12H13ClN2O4. The molecule has 1 N–H and O–H groups in total. The number of hydrogen-bond acceptors (Lipinski definition) is 4. The first-order chi connectivity index (χ1) is 9.04. The molecule has 0 atom stereocenters. The predicted octanol–water partition coefficient (Wildman–Crippen LogP) is 1.85. The predicted molar refractivity (Wildman–Crippen MR) is 69.3 cm³/mol. The van der Waals surface area contributed by atoms with Crippen molar-refractivity contribution in [2.24, 2.45) is 0 Å². The summed E-state index contributed by atoms with van der Waals surface area (Å²) >= 11 is 5.92. The molecule has 1 aliphatic carbocycles. The Bertz CT molecular complexity index is 516. The monoisotopic (exact) mass is 284 g/mol. The first-order valence-electron chi connectivity index (χ1n) is 5.90. The van der Waals surface area contributed by atoms with Crippen molar-refractivity contribution in [3.05, 3.63) is 38.9 Å². The smallest absolute Gasteiger partial charge is 0.270 e. The summed E-state index contributed by atoms with van der Waals surface area (Å²) in [5, 5.41) is 19.6. The van der Waals surface area contributed by atoms with Crippen LogP contribution in [0.4, 0.5) is 5.69 Å². The summed E-state index contributed by atoms with van der Waals surface area (Å²) in [5.41, 5.74) is 0.0781. The summed E-state index contributed by atoms with van der Waals surface area (Å²) in [6.07, 6.45) is 1.83. The fourth-order valence-corrected chi connectivity index (χ4v) is 2.15. The summed E-state index contributed by atoms with van der Waals surface area (Å²) in [6, 6.07) is 3.92. The molecule has 0 aromatic heterocycles. The molecule has 0 saturated heterocycles. The van der Waals surface area contributed by atoms with E-state index < -0.39 is 4.92 Å². The number of aliphatic hydroxyl groups is 1. The van der Waals surface area contributed by atoms with Crippen LogP contribution in [0.25, 0.3) is 0 Å². The van der Waals surface area contributed by atoms with Crippen LogP contribution < -0.4 is 0 Å². The molecular weight excluding hydrogens is 272 g/mol. The molecule has 1 saturated carbocycles. The highest BCUT2D eigenvalue weighted by Crippen LogP contribution is 2.30. The molecule has 19 heavy (non-hydrogen) atoms. The van der Waals surface area contributed by atoms with Crippen LogP contribution in [0.2, 0.25) is 5.02 Å². The Balaban J connectivity index is 2.24. The van der Waals surface area contributed by atoms with Gasteiger partial charge < -0.3 is 10.0 Å². The maximum atomic E-state index is 12.3. The molecule has 0 bridgehead atoms. The number of halogens is 1. The Morgan fingerprint density at radius 2 is 2.21 bits per heavy atom. The van der Waals surface area contributed by atoms with E-state index in [1.807, 2.05) is 0 Å². The van der Waals surface area contributed by atoms with Gasteiger partial charge in [-0.3, -0.25) is 14.9 Å². The van der Waals surface area contributed by atoms with Gasteiger partial charge in [-0.1, -0.05) is 11.6 Å². The molecule has 1 aliphatic rings. The van der Waals surface area contributed by atoms with Crippen LogP contribution in [0.3, 0.4) is 0 Å². The summed E-state index contributed by atoms with van der Waals surface area (Å²) < 4.78 is 0. The Morgan fingerprint density at radius 1 is 1.53 bits per heavy atom. The van der Waals surface area contributed by atoms with E-state index in [0.717, 1.165) is 12.8 Å². The van der Waals surface area contributed by atoms with Gasteiger partial charge in [-0.2, -0.15) is 0 Å². The highest BCUT2D eigenvalue weighted by Gasteiger charge is 2.33. The lowest BCUT2D eigenvalue weighted by atomic mass is 10.1. The number of amides is 1. The molecule has 1 fully saturated rings. The van der Waals surface area contributed by atoms with E-state index in [0.29, 0.717) is 0 Å². The van der Waals surface area contributed by atoms with Gasteiger partial charge in [-0.25, -0.2) is 0 Å². The maximum absolute atomic E-state index is 12.3. The van der Waals surface area contributed by atoms with Crippen molar-refractivity contribution in [1.82, 2.24) is 4.90 Å². The molecule has 1 amide bonds. The van der Waals surface area contributed by atoms with Gasteiger partial charge >= 0.3 is 0 Å². The van der Waals surface area contributed by atoms with Crippen LogP contribution in [0.1, 0.15) is 23.2 Å². The van der Waals surface area contributed by atoms with Crippen LogP contribution >= 0.6 is 11.6 Å². The third kappa shape index (κ3) is 3.02. The first kappa shape index (κ1) is 13.8. The largest absolute Gasteiger partial charge is 0.395 e. The van der Waals surface area contributed by atoms with Crippen LogP contribution in [0, 0.1) is 10.1 Å². The van der Waals surface area contributed by atoms with Crippen molar-refractivity contribution < 1.29 is 14.8 Å². The number of non-ortho nitro benzene ring substituents is 1. The number of nitro benzene ring substituents is 1. The molecule has 7 heteroatoms. The average molecular weight is 285 g/mol. The van der Waals surface area contributed by atoms with Gasteiger partial charge in [-0.05, 0) is 18.9 Å². The molecule has 0 spiro atoms. The fourth-order valence-electron chi connectivity index (χ4n) is 1.89. The first-order valence-corrected chi connectivity index (χ1v) is 6.28. The van der Waals surface area contributed by atoms with Crippen molar-refractivity contribution >= 4 is 23.2 Å². The van der Waals surface area contributed by atoms with Crippen molar-refractivity contribution in [3.63, 3.8) is 0 Å². The van der Waals surface area contributed by atoms with E-state index in [1.165, 1.54) is 18.2 Å². The summed E-state index contributed by atoms with van der Waals surface area (Å²) in [4.78, 5) is 23.9.